The van der Waals surface area contributed by atoms with Gasteiger partial charge in [-0.15, -0.1) is 0 Å². The summed E-state index contributed by atoms with van der Waals surface area (Å²) in [5, 5.41) is 9.42. The average Bonchev–Trinajstić information content (AvgIpc) is 2.46. The Bertz CT molecular complexity index is 151. The van der Waals surface area contributed by atoms with Crippen LogP contribution >= 0.6 is 0 Å². The molecule has 3 aliphatic rings. The molecule has 0 saturated heterocycles. The number of fused-ring (bicyclic) bond motifs is 5. The van der Waals surface area contributed by atoms with Gasteiger partial charge >= 0.3 is 0 Å². The van der Waals surface area contributed by atoms with Crippen molar-refractivity contribution in [2.45, 2.75) is 25.4 Å². The molecule has 1 nitrogen and oxygen atoms in total. The van der Waals surface area contributed by atoms with E-state index in [1.807, 2.05) is 0 Å². The molecular weight excluding hydrogens is 112 g/mol. The summed E-state index contributed by atoms with van der Waals surface area (Å²) in [6.45, 7) is 0. The van der Waals surface area contributed by atoms with E-state index in [4.69, 9.17) is 0 Å². The van der Waals surface area contributed by atoms with Crippen molar-refractivity contribution in [3.63, 3.8) is 0 Å². The zero-order valence-corrected chi connectivity index (χ0v) is 5.46. The lowest BCUT2D eigenvalue weighted by Crippen LogP contribution is -2.17. The van der Waals surface area contributed by atoms with E-state index in [0.29, 0.717) is 0 Å². The summed E-state index contributed by atoms with van der Waals surface area (Å²) in [5.41, 5.74) is 0. The van der Waals surface area contributed by atoms with Gasteiger partial charge in [-0.05, 0) is 42.9 Å². The van der Waals surface area contributed by atoms with Crippen LogP contribution in [-0.4, -0.2) is 11.2 Å². The molecule has 5 atom stereocenters. The minimum atomic E-state index is 0.0961. The molecule has 3 saturated carbocycles. The third kappa shape index (κ3) is 0.420. The molecule has 0 aromatic heterocycles. The standard InChI is InChI=1S/C8H12O/c9-8-2-4-1-7(8)6-3-5(4)6/h4-9H,1-3H2/t4-,5+,6+,7+,8-/m0/s1. The predicted octanol–water partition coefficient (Wildman–Crippen LogP) is 1.02. The Kier molecular flexibility index (Phi) is 0.628. The van der Waals surface area contributed by atoms with Crippen molar-refractivity contribution in [1.29, 1.82) is 0 Å². The molecule has 3 fully saturated rings. The minimum absolute atomic E-state index is 0.0961. The number of aliphatic hydroxyl groups excluding tert-OH is 1. The fourth-order valence-electron chi connectivity index (χ4n) is 3.17. The number of rotatable bonds is 0. The summed E-state index contributed by atoms with van der Waals surface area (Å²) in [5.74, 6) is 3.71. The summed E-state index contributed by atoms with van der Waals surface area (Å²) >= 11 is 0. The molecule has 3 rings (SSSR count). The van der Waals surface area contributed by atoms with Crippen molar-refractivity contribution in [2.75, 3.05) is 0 Å². The van der Waals surface area contributed by atoms with Gasteiger partial charge in [0.15, 0.2) is 0 Å². The van der Waals surface area contributed by atoms with Gasteiger partial charge in [-0.25, -0.2) is 0 Å². The summed E-state index contributed by atoms with van der Waals surface area (Å²) < 4.78 is 0. The highest BCUT2D eigenvalue weighted by molar-refractivity contribution is 5.09. The van der Waals surface area contributed by atoms with Crippen molar-refractivity contribution in [3.05, 3.63) is 0 Å². The molecule has 3 aliphatic carbocycles. The Hall–Kier alpha value is -0.0400. The maximum absolute atomic E-state index is 9.42. The maximum atomic E-state index is 9.42. The first-order valence-electron chi connectivity index (χ1n) is 4.04. The van der Waals surface area contributed by atoms with Crippen molar-refractivity contribution >= 4 is 0 Å². The average molecular weight is 124 g/mol. The molecule has 0 aliphatic heterocycles. The Labute approximate surface area is 55.1 Å². The highest BCUT2D eigenvalue weighted by Gasteiger charge is 2.60. The number of hydrogen-bond donors (Lipinski definition) is 1. The van der Waals surface area contributed by atoms with Gasteiger partial charge in [-0.1, -0.05) is 0 Å². The van der Waals surface area contributed by atoms with E-state index in [-0.39, 0.29) is 6.10 Å². The van der Waals surface area contributed by atoms with Crippen molar-refractivity contribution in [3.8, 4) is 0 Å². The molecule has 1 heteroatoms. The van der Waals surface area contributed by atoms with Gasteiger partial charge in [-0.3, -0.25) is 0 Å². The second-order valence-electron chi connectivity index (χ2n) is 4.03. The van der Waals surface area contributed by atoms with E-state index >= 15 is 0 Å². The Morgan fingerprint density at radius 1 is 0.889 bits per heavy atom. The van der Waals surface area contributed by atoms with Crippen molar-refractivity contribution < 1.29 is 5.11 Å². The van der Waals surface area contributed by atoms with E-state index in [1.165, 1.54) is 12.8 Å². The van der Waals surface area contributed by atoms with Crippen LogP contribution in [0.3, 0.4) is 0 Å². The normalized spacial score (nSPS) is 68.3. The number of hydrogen-bond acceptors (Lipinski definition) is 1. The highest BCUT2D eigenvalue weighted by atomic mass is 16.3. The Balaban J connectivity index is 1.96. The highest BCUT2D eigenvalue weighted by Crippen LogP contribution is 2.65. The first kappa shape index (κ1) is 4.73. The second-order valence-corrected chi connectivity index (χ2v) is 4.03. The van der Waals surface area contributed by atoms with E-state index in [2.05, 4.69) is 0 Å². The van der Waals surface area contributed by atoms with Gasteiger partial charge < -0.3 is 5.11 Å². The van der Waals surface area contributed by atoms with Crippen molar-refractivity contribution in [1.82, 2.24) is 0 Å². The van der Waals surface area contributed by atoms with Gasteiger partial charge in [0.1, 0.15) is 0 Å². The molecule has 2 bridgehead atoms. The monoisotopic (exact) mass is 124 g/mol. The summed E-state index contributed by atoms with van der Waals surface area (Å²) in [4.78, 5) is 0. The van der Waals surface area contributed by atoms with E-state index in [1.54, 1.807) is 0 Å². The van der Waals surface area contributed by atoms with Gasteiger partial charge in [0.2, 0.25) is 0 Å². The fraction of sp³-hybridized carbons (Fsp3) is 1.00. The molecule has 1 N–H and O–H groups in total. The molecule has 0 unspecified atom stereocenters. The van der Waals surface area contributed by atoms with Gasteiger partial charge in [-0.2, -0.15) is 0 Å². The van der Waals surface area contributed by atoms with Crippen LogP contribution in [0.2, 0.25) is 0 Å². The van der Waals surface area contributed by atoms with Crippen LogP contribution in [0, 0.1) is 23.7 Å². The molecule has 0 aromatic rings. The molecule has 0 aromatic carbocycles. The molecule has 0 radical (unpaired) electrons. The van der Waals surface area contributed by atoms with Crippen LogP contribution in [0.5, 0.6) is 0 Å². The van der Waals surface area contributed by atoms with Crippen LogP contribution in [0.1, 0.15) is 19.3 Å². The largest absolute Gasteiger partial charge is 0.393 e. The quantitative estimate of drug-likeness (QED) is 0.511. The zero-order valence-electron chi connectivity index (χ0n) is 5.46. The number of aliphatic hydroxyl groups is 1. The summed E-state index contributed by atoms with van der Waals surface area (Å²) in [6, 6.07) is 0. The minimum Gasteiger partial charge on any atom is -0.393 e. The molecule has 9 heavy (non-hydrogen) atoms. The summed E-state index contributed by atoms with van der Waals surface area (Å²) in [7, 11) is 0. The van der Waals surface area contributed by atoms with Gasteiger partial charge in [0.05, 0.1) is 6.10 Å². The first-order valence-corrected chi connectivity index (χ1v) is 4.04. The third-order valence-corrected chi connectivity index (χ3v) is 3.66. The van der Waals surface area contributed by atoms with Gasteiger partial charge in [0.25, 0.3) is 0 Å². The predicted molar refractivity (Wildman–Crippen MR) is 33.8 cm³/mol. The molecule has 50 valence electrons. The SMILES string of the molecule is O[C@H]1C[C@@H]2C[C@@H]1[C@@H]1C[C@H]21. The van der Waals surface area contributed by atoms with Crippen LogP contribution < -0.4 is 0 Å². The Morgan fingerprint density at radius 3 is 2.33 bits per heavy atom. The lowest BCUT2D eigenvalue weighted by Gasteiger charge is -2.14. The molecular formula is C8H12O. The first-order chi connectivity index (χ1) is 4.36. The zero-order chi connectivity index (χ0) is 6.01. The fourth-order valence-corrected chi connectivity index (χ4v) is 3.17. The van der Waals surface area contributed by atoms with Crippen LogP contribution in [0.15, 0.2) is 0 Å². The van der Waals surface area contributed by atoms with E-state index in [0.717, 1.165) is 30.1 Å². The van der Waals surface area contributed by atoms with Crippen LogP contribution in [0.4, 0.5) is 0 Å². The van der Waals surface area contributed by atoms with Gasteiger partial charge in [0, 0.05) is 0 Å². The molecule has 0 heterocycles. The molecule has 0 amide bonds. The lowest BCUT2D eigenvalue weighted by atomic mass is 9.98. The second kappa shape index (κ2) is 1.20. The third-order valence-electron chi connectivity index (χ3n) is 3.66. The van der Waals surface area contributed by atoms with E-state index in [9.17, 15) is 5.11 Å². The van der Waals surface area contributed by atoms with E-state index < -0.39 is 0 Å². The van der Waals surface area contributed by atoms with Crippen LogP contribution in [-0.2, 0) is 0 Å². The molecule has 0 spiro atoms. The Morgan fingerprint density at radius 2 is 1.78 bits per heavy atom. The topological polar surface area (TPSA) is 20.2 Å². The van der Waals surface area contributed by atoms with Crippen LogP contribution in [0.25, 0.3) is 0 Å². The smallest absolute Gasteiger partial charge is 0.0574 e. The summed E-state index contributed by atoms with van der Waals surface area (Å²) in [6.07, 6.45) is 4.04. The lowest BCUT2D eigenvalue weighted by molar-refractivity contribution is 0.107. The maximum Gasteiger partial charge on any atom is 0.0574 e. The van der Waals surface area contributed by atoms with Crippen molar-refractivity contribution in [2.24, 2.45) is 23.7 Å².